The van der Waals surface area contributed by atoms with Crippen molar-refractivity contribution < 1.29 is 0 Å². The van der Waals surface area contributed by atoms with Crippen molar-refractivity contribution in [2.75, 3.05) is 13.1 Å². The first kappa shape index (κ1) is 7.35. The second kappa shape index (κ2) is 3.40. The largest absolute Gasteiger partial charge is 0.316 e. The predicted octanol–water partition coefficient (Wildman–Crippen LogP) is 2.10. The standard InChI is InChI=1S/C10H17N/c1-2-9(5-7-11-6-1)8-10-3-4-10/h2,10-11H,1,3-8H2. The number of hydrogen-bond acceptors (Lipinski definition) is 1. The van der Waals surface area contributed by atoms with E-state index in [1.165, 1.54) is 45.2 Å². The zero-order chi connectivity index (χ0) is 7.52. The molecule has 2 aliphatic rings. The van der Waals surface area contributed by atoms with Gasteiger partial charge in [0.1, 0.15) is 0 Å². The van der Waals surface area contributed by atoms with Crippen LogP contribution >= 0.6 is 0 Å². The van der Waals surface area contributed by atoms with Crippen LogP contribution in [0.2, 0.25) is 0 Å². The summed E-state index contributed by atoms with van der Waals surface area (Å²) in [6, 6.07) is 0. The van der Waals surface area contributed by atoms with Gasteiger partial charge in [0.05, 0.1) is 0 Å². The minimum Gasteiger partial charge on any atom is -0.316 e. The lowest BCUT2D eigenvalue weighted by Gasteiger charge is -2.02. The lowest BCUT2D eigenvalue weighted by Crippen LogP contribution is -2.13. The number of nitrogens with one attached hydrogen (secondary N) is 1. The molecule has 0 aromatic carbocycles. The molecule has 1 fully saturated rings. The summed E-state index contributed by atoms with van der Waals surface area (Å²) in [5.41, 5.74) is 1.72. The van der Waals surface area contributed by atoms with Crippen LogP contribution in [0.5, 0.6) is 0 Å². The fourth-order valence-corrected chi connectivity index (χ4v) is 1.73. The monoisotopic (exact) mass is 151 g/mol. The molecule has 1 N–H and O–H groups in total. The third-order valence-electron chi connectivity index (χ3n) is 2.62. The molecule has 62 valence electrons. The van der Waals surface area contributed by atoms with Gasteiger partial charge >= 0.3 is 0 Å². The van der Waals surface area contributed by atoms with E-state index in [9.17, 15) is 0 Å². The van der Waals surface area contributed by atoms with E-state index in [0.29, 0.717) is 0 Å². The van der Waals surface area contributed by atoms with Crippen molar-refractivity contribution in [2.45, 2.75) is 32.1 Å². The van der Waals surface area contributed by atoms with E-state index in [2.05, 4.69) is 11.4 Å². The second-order valence-corrected chi connectivity index (χ2v) is 3.80. The van der Waals surface area contributed by atoms with E-state index in [1.807, 2.05) is 0 Å². The van der Waals surface area contributed by atoms with Gasteiger partial charge in [0.15, 0.2) is 0 Å². The van der Waals surface area contributed by atoms with Crippen LogP contribution in [0, 0.1) is 5.92 Å². The smallest absolute Gasteiger partial charge is 0.00115 e. The predicted molar refractivity (Wildman–Crippen MR) is 47.5 cm³/mol. The minimum atomic E-state index is 1.07. The van der Waals surface area contributed by atoms with Crippen molar-refractivity contribution in [3.05, 3.63) is 11.6 Å². The van der Waals surface area contributed by atoms with Crippen LogP contribution < -0.4 is 5.32 Å². The summed E-state index contributed by atoms with van der Waals surface area (Å²) in [6.07, 6.45) is 9.40. The molecule has 0 bridgehead atoms. The topological polar surface area (TPSA) is 12.0 Å². The Kier molecular flexibility index (Phi) is 2.27. The van der Waals surface area contributed by atoms with Gasteiger partial charge in [-0.3, -0.25) is 0 Å². The summed E-state index contributed by atoms with van der Waals surface area (Å²) in [4.78, 5) is 0. The Bertz CT molecular complexity index is 156. The molecule has 1 heterocycles. The molecule has 0 amide bonds. The highest BCUT2D eigenvalue weighted by atomic mass is 14.8. The average molecular weight is 151 g/mol. The first-order valence-electron chi connectivity index (χ1n) is 4.84. The van der Waals surface area contributed by atoms with Gasteiger partial charge in [-0.05, 0) is 51.1 Å². The van der Waals surface area contributed by atoms with Gasteiger partial charge in [0, 0.05) is 0 Å². The molecule has 2 rings (SSSR count). The molecule has 0 unspecified atom stereocenters. The molecule has 0 atom stereocenters. The third-order valence-corrected chi connectivity index (χ3v) is 2.62. The summed E-state index contributed by atoms with van der Waals surface area (Å²) in [5.74, 6) is 1.07. The molecule has 0 aromatic rings. The zero-order valence-corrected chi connectivity index (χ0v) is 7.10. The van der Waals surface area contributed by atoms with Crippen molar-refractivity contribution in [2.24, 2.45) is 5.92 Å². The van der Waals surface area contributed by atoms with E-state index >= 15 is 0 Å². The molecular weight excluding hydrogens is 134 g/mol. The van der Waals surface area contributed by atoms with Crippen LogP contribution in [0.4, 0.5) is 0 Å². The molecule has 0 radical (unpaired) electrons. The van der Waals surface area contributed by atoms with Crippen LogP contribution in [-0.2, 0) is 0 Å². The maximum absolute atomic E-state index is 3.42. The molecule has 0 spiro atoms. The molecule has 11 heavy (non-hydrogen) atoms. The summed E-state index contributed by atoms with van der Waals surface area (Å²) >= 11 is 0. The van der Waals surface area contributed by atoms with Crippen molar-refractivity contribution in [1.29, 1.82) is 0 Å². The Labute approximate surface area is 68.9 Å². The Hall–Kier alpha value is -0.300. The normalized spacial score (nSPS) is 26.0. The highest BCUT2D eigenvalue weighted by Gasteiger charge is 2.22. The lowest BCUT2D eigenvalue weighted by atomic mass is 10.1. The fourth-order valence-electron chi connectivity index (χ4n) is 1.73. The van der Waals surface area contributed by atoms with Crippen LogP contribution in [0.15, 0.2) is 11.6 Å². The van der Waals surface area contributed by atoms with Crippen LogP contribution in [0.25, 0.3) is 0 Å². The summed E-state index contributed by atoms with van der Waals surface area (Å²) in [7, 11) is 0. The third kappa shape index (κ3) is 2.33. The summed E-state index contributed by atoms with van der Waals surface area (Å²) < 4.78 is 0. The van der Waals surface area contributed by atoms with Crippen molar-refractivity contribution in [3.8, 4) is 0 Å². The average Bonchev–Trinajstić information content (AvgIpc) is 2.77. The molecule has 0 aromatic heterocycles. The van der Waals surface area contributed by atoms with Gasteiger partial charge in [0.2, 0.25) is 0 Å². The summed E-state index contributed by atoms with van der Waals surface area (Å²) in [5, 5.41) is 3.42. The number of hydrogen-bond donors (Lipinski definition) is 1. The minimum absolute atomic E-state index is 1.07. The Balaban J connectivity index is 1.82. The quantitative estimate of drug-likeness (QED) is 0.596. The van der Waals surface area contributed by atoms with Gasteiger partial charge in [-0.2, -0.15) is 0 Å². The molecule has 1 aliphatic carbocycles. The fraction of sp³-hybridized carbons (Fsp3) is 0.800. The molecule has 1 saturated carbocycles. The number of rotatable bonds is 2. The van der Waals surface area contributed by atoms with Gasteiger partial charge in [0.25, 0.3) is 0 Å². The Morgan fingerprint density at radius 1 is 1.36 bits per heavy atom. The SMILES string of the molecule is C1=C(CC2CC2)CCNCC1. The summed E-state index contributed by atoms with van der Waals surface area (Å²) in [6.45, 7) is 2.40. The molecule has 1 nitrogen and oxygen atoms in total. The highest BCUT2D eigenvalue weighted by molar-refractivity contribution is 5.07. The highest BCUT2D eigenvalue weighted by Crippen LogP contribution is 2.36. The van der Waals surface area contributed by atoms with E-state index in [1.54, 1.807) is 5.57 Å². The molecular formula is C10H17N. The first-order chi connectivity index (χ1) is 5.45. The second-order valence-electron chi connectivity index (χ2n) is 3.80. The van der Waals surface area contributed by atoms with Gasteiger partial charge in [-0.1, -0.05) is 11.6 Å². The zero-order valence-electron chi connectivity index (χ0n) is 7.10. The van der Waals surface area contributed by atoms with Crippen molar-refractivity contribution in [1.82, 2.24) is 5.32 Å². The van der Waals surface area contributed by atoms with Crippen LogP contribution in [0.1, 0.15) is 32.1 Å². The Morgan fingerprint density at radius 3 is 3.09 bits per heavy atom. The lowest BCUT2D eigenvalue weighted by molar-refractivity contribution is 0.693. The van der Waals surface area contributed by atoms with E-state index in [4.69, 9.17) is 0 Å². The Morgan fingerprint density at radius 2 is 2.27 bits per heavy atom. The van der Waals surface area contributed by atoms with Crippen LogP contribution in [-0.4, -0.2) is 13.1 Å². The van der Waals surface area contributed by atoms with Crippen molar-refractivity contribution >= 4 is 0 Å². The van der Waals surface area contributed by atoms with E-state index in [-0.39, 0.29) is 0 Å². The first-order valence-corrected chi connectivity index (χ1v) is 4.84. The van der Waals surface area contributed by atoms with E-state index in [0.717, 1.165) is 5.92 Å². The molecule has 0 saturated heterocycles. The van der Waals surface area contributed by atoms with Gasteiger partial charge < -0.3 is 5.32 Å². The van der Waals surface area contributed by atoms with Gasteiger partial charge in [-0.15, -0.1) is 0 Å². The maximum Gasteiger partial charge on any atom is -0.00115 e. The van der Waals surface area contributed by atoms with E-state index < -0.39 is 0 Å². The van der Waals surface area contributed by atoms with Crippen molar-refractivity contribution in [3.63, 3.8) is 0 Å². The maximum atomic E-state index is 3.42. The molecule has 1 heteroatoms. The van der Waals surface area contributed by atoms with Crippen LogP contribution in [0.3, 0.4) is 0 Å². The van der Waals surface area contributed by atoms with Gasteiger partial charge in [-0.25, -0.2) is 0 Å². The molecule has 1 aliphatic heterocycles.